The molecule has 3 amide bonds. The normalized spacial score (nSPS) is 13.0. The number of hydrogen-bond acceptors (Lipinski definition) is 9. The third-order valence-electron chi connectivity index (χ3n) is 11.5. The Morgan fingerprint density at radius 2 is 1.24 bits per heavy atom. The lowest BCUT2D eigenvalue weighted by Crippen LogP contribution is -2.57. The summed E-state index contributed by atoms with van der Waals surface area (Å²) in [6.07, 6.45) is 3.29. The fourth-order valence-corrected chi connectivity index (χ4v) is 7.62. The van der Waals surface area contributed by atoms with Crippen LogP contribution in [0, 0.1) is 17.2 Å². The van der Waals surface area contributed by atoms with Crippen molar-refractivity contribution in [2.24, 2.45) is 23.3 Å². The van der Waals surface area contributed by atoms with E-state index in [9.17, 15) is 19.2 Å². The van der Waals surface area contributed by atoms with Crippen LogP contribution in [0.2, 0.25) is 0 Å². The Morgan fingerprint density at radius 3 is 1.85 bits per heavy atom. The standard InChI is InChI=1S/C52H67N7O7/c1-5-35(4)48(51(63)66-32-36-16-7-6-8-17-36)59-50(62)42(23-15-30-56-52(54)55)58-49(61)41(22-13-14-29-53)57-45(60)33-65-44-27-25-38-19-10-12-21-40(38)47(44)46-39-20-11-9-18-37(39)24-26-43(46)64-31-28-34(2)3/h6-12,16-21,24-27,34-35,41-42,48H,5,13-15,22-23,28-33,53H2,1-4H3,(H,57,60)(H,58,61)(H,59,62)(H4,54,55,56)/t35?,41-,42-,48+/m1/s1. The van der Waals surface area contributed by atoms with E-state index in [2.05, 4.69) is 41.2 Å². The Balaban J connectivity index is 1.37. The zero-order valence-electron chi connectivity index (χ0n) is 38.7. The van der Waals surface area contributed by atoms with Crippen molar-refractivity contribution >= 4 is 51.2 Å². The van der Waals surface area contributed by atoms with Gasteiger partial charge in [0.1, 0.15) is 36.2 Å². The minimum Gasteiger partial charge on any atom is -0.493 e. The lowest BCUT2D eigenvalue weighted by atomic mass is 9.92. The van der Waals surface area contributed by atoms with Gasteiger partial charge in [-0.05, 0) is 96.1 Å². The molecule has 0 aliphatic heterocycles. The van der Waals surface area contributed by atoms with Crippen molar-refractivity contribution in [2.75, 3.05) is 26.3 Å². The van der Waals surface area contributed by atoms with Crippen molar-refractivity contribution in [1.82, 2.24) is 21.3 Å². The van der Waals surface area contributed by atoms with Gasteiger partial charge in [-0.1, -0.05) is 125 Å². The Morgan fingerprint density at radius 1 is 0.667 bits per heavy atom. The van der Waals surface area contributed by atoms with Crippen LogP contribution >= 0.6 is 0 Å². The first-order valence-electron chi connectivity index (χ1n) is 23.1. The minimum absolute atomic E-state index is 0.0342. The van der Waals surface area contributed by atoms with Crippen LogP contribution in [0.5, 0.6) is 11.5 Å². The fraction of sp³-hybridized carbons (Fsp3) is 0.404. The number of benzene rings is 5. The molecule has 0 heterocycles. The second kappa shape index (κ2) is 25.7. The van der Waals surface area contributed by atoms with Gasteiger partial charge in [0, 0.05) is 17.7 Å². The van der Waals surface area contributed by atoms with Gasteiger partial charge in [-0.25, -0.2) is 4.79 Å². The van der Waals surface area contributed by atoms with Crippen LogP contribution in [0.1, 0.15) is 78.2 Å². The molecule has 0 saturated heterocycles. The molecule has 14 heteroatoms. The van der Waals surface area contributed by atoms with Gasteiger partial charge in [0.2, 0.25) is 11.8 Å². The van der Waals surface area contributed by atoms with E-state index in [-0.39, 0.29) is 37.9 Å². The topological polar surface area (TPSA) is 220 Å². The van der Waals surface area contributed by atoms with E-state index in [1.807, 2.05) is 111 Å². The number of ether oxygens (including phenoxy) is 3. The number of carbonyl (C=O) groups is 4. The maximum atomic E-state index is 14.2. The minimum atomic E-state index is -1.11. The van der Waals surface area contributed by atoms with E-state index < -0.39 is 48.4 Å². The number of nitrogens with one attached hydrogen (secondary N) is 5. The maximum Gasteiger partial charge on any atom is 0.329 e. The molecule has 5 aromatic rings. The maximum absolute atomic E-state index is 14.2. The molecule has 0 aromatic heterocycles. The number of carbonyl (C=O) groups excluding carboxylic acids is 4. The highest BCUT2D eigenvalue weighted by Gasteiger charge is 2.32. The molecule has 4 atom stereocenters. The molecule has 0 radical (unpaired) electrons. The second-order valence-electron chi connectivity index (χ2n) is 17.1. The zero-order valence-corrected chi connectivity index (χ0v) is 38.7. The summed E-state index contributed by atoms with van der Waals surface area (Å²) in [4.78, 5) is 55.6. The lowest BCUT2D eigenvalue weighted by molar-refractivity contribution is -0.151. The first-order valence-corrected chi connectivity index (χ1v) is 23.1. The van der Waals surface area contributed by atoms with Gasteiger partial charge < -0.3 is 46.9 Å². The molecule has 0 saturated carbocycles. The van der Waals surface area contributed by atoms with Gasteiger partial charge in [0.15, 0.2) is 12.6 Å². The summed E-state index contributed by atoms with van der Waals surface area (Å²) in [5.74, 6) is -1.22. The highest BCUT2D eigenvalue weighted by Crippen LogP contribution is 2.45. The van der Waals surface area contributed by atoms with Gasteiger partial charge in [-0.2, -0.15) is 0 Å². The number of unbranched alkanes of at least 4 members (excludes halogenated alkanes) is 1. The van der Waals surface area contributed by atoms with Gasteiger partial charge in [-0.15, -0.1) is 0 Å². The molecule has 5 rings (SSSR count). The van der Waals surface area contributed by atoms with Crippen molar-refractivity contribution < 1.29 is 33.4 Å². The zero-order chi connectivity index (χ0) is 47.4. The van der Waals surface area contributed by atoms with Crippen molar-refractivity contribution in [2.45, 2.75) is 97.4 Å². The number of hydrogen-bond donors (Lipinski definition) is 7. The summed E-state index contributed by atoms with van der Waals surface area (Å²) < 4.78 is 18.5. The van der Waals surface area contributed by atoms with Gasteiger partial charge in [-0.3, -0.25) is 19.8 Å². The first-order chi connectivity index (χ1) is 31.9. The molecule has 5 aromatic carbocycles. The molecule has 0 bridgehead atoms. The molecule has 0 spiro atoms. The van der Waals surface area contributed by atoms with Gasteiger partial charge in [0.05, 0.1) is 6.61 Å². The molecular weight excluding hydrogens is 835 g/mol. The Bertz CT molecular complexity index is 2390. The summed E-state index contributed by atoms with van der Waals surface area (Å²) >= 11 is 0. The molecule has 0 aliphatic carbocycles. The quantitative estimate of drug-likeness (QED) is 0.0129. The van der Waals surface area contributed by atoms with Crippen LogP contribution in [0.15, 0.2) is 103 Å². The van der Waals surface area contributed by atoms with Crippen LogP contribution in [0.4, 0.5) is 0 Å². The van der Waals surface area contributed by atoms with Crippen molar-refractivity contribution in [1.29, 1.82) is 5.41 Å². The monoisotopic (exact) mass is 902 g/mol. The predicted molar refractivity (Wildman–Crippen MR) is 261 cm³/mol. The third-order valence-corrected chi connectivity index (χ3v) is 11.5. The van der Waals surface area contributed by atoms with E-state index in [1.54, 1.807) is 0 Å². The van der Waals surface area contributed by atoms with Crippen molar-refractivity contribution in [3.63, 3.8) is 0 Å². The second-order valence-corrected chi connectivity index (χ2v) is 17.1. The molecule has 14 nitrogen and oxygen atoms in total. The van der Waals surface area contributed by atoms with E-state index in [1.165, 1.54) is 0 Å². The highest BCUT2D eigenvalue weighted by molar-refractivity contribution is 6.10. The highest BCUT2D eigenvalue weighted by atomic mass is 16.5. The van der Waals surface area contributed by atoms with Crippen LogP contribution in [-0.2, 0) is 30.5 Å². The van der Waals surface area contributed by atoms with Gasteiger partial charge >= 0.3 is 5.97 Å². The number of amides is 3. The van der Waals surface area contributed by atoms with Crippen LogP contribution in [0.25, 0.3) is 32.7 Å². The summed E-state index contributed by atoms with van der Waals surface area (Å²) in [6, 6.07) is 30.0. The summed E-state index contributed by atoms with van der Waals surface area (Å²) in [5, 5.41) is 22.7. The number of fused-ring (bicyclic) bond motifs is 2. The van der Waals surface area contributed by atoms with Gasteiger partial charge in [0.25, 0.3) is 5.91 Å². The molecule has 352 valence electrons. The third kappa shape index (κ3) is 14.7. The van der Waals surface area contributed by atoms with E-state index >= 15 is 0 Å². The number of guanidine groups is 1. The molecule has 0 aliphatic rings. The molecule has 0 fully saturated rings. The largest absolute Gasteiger partial charge is 0.493 e. The molecule has 9 N–H and O–H groups in total. The number of nitrogens with two attached hydrogens (primary N) is 2. The van der Waals surface area contributed by atoms with Crippen LogP contribution in [-0.4, -0.2) is 74.1 Å². The fourth-order valence-electron chi connectivity index (χ4n) is 7.62. The van der Waals surface area contributed by atoms with E-state index in [0.29, 0.717) is 56.3 Å². The lowest BCUT2D eigenvalue weighted by Gasteiger charge is -2.27. The summed E-state index contributed by atoms with van der Waals surface area (Å²) in [6.45, 7) is 8.85. The van der Waals surface area contributed by atoms with Crippen LogP contribution < -0.4 is 42.2 Å². The SMILES string of the molecule is CCC(C)[C@H](NC(=O)[C@@H](CCCNC(=N)N)NC(=O)[C@@H](CCCCN)NC(=O)COc1ccc2ccccc2c1-c1c(OCCC(C)C)ccc2ccccc12)C(=O)OCc1ccccc1. The first kappa shape index (κ1) is 50.3. The smallest absolute Gasteiger partial charge is 0.329 e. The van der Waals surface area contributed by atoms with Crippen molar-refractivity contribution in [3.8, 4) is 22.6 Å². The Hall–Kier alpha value is -6.67. The van der Waals surface area contributed by atoms with Crippen LogP contribution in [0.3, 0.4) is 0 Å². The molecule has 1 unspecified atom stereocenters. The van der Waals surface area contributed by atoms with E-state index in [4.69, 9.17) is 31.1 Å². The van der Waals surface area contributed by atoms with Crippen molar-refractivity contribution in [3.05, 3.63) is 109 Å². The molecular formula is C52H67N7O7. The Labute approximate surface area is 388 Å². The molecule has 66 heavy (non-hydrogen) atoms. The Kier molecular flexibility index (Phi) is 19.6. The number of esters is 1. The average Bonchev–Trinajstić information content (AvgIpc) is 3.32. The summed E-state index contributed by atoms with van der Waals surface area (Å²) in [7, 11) is 0. The average molecular weight is 902 g/mol. The number of rotatable bonds is 26. The summed E-state index contributed by atoms with van der Waals surface area (Å²) in [5.41, 5.74) is 13.8. The predicted octanol–water partition coefficient (Wildman–Crippen LogP) is 7.10. The van der Waals surface area contributed by atoms with E-state index in [0.717, 1.165) is 44.7 Å².